The fourth-order valence-corrected chi connectivity index (χ4v) is 3.86. The number of aromatic amines is 2. The van der Waals surface area contributed by atoms with Gasteiger partial charge in [-0.2, -0.15) is 0 Å². The number of fused-ring (bicyclic) bond motifs is 2. The van der Waals surface area contributed by atoms with E-state index in [9.17, 15) is 9.59 Å². The van der Waals surface area contributed by atoms with Crippen LogP contribution in [0.1, 0.15) is 35.2 Å². The molecule has 3 heterocycles. The van der Waals surface area contributed by atoms with Gasteiger partial charge in [-0.25, -0.2) is 9.97 Å². The number of carbonyl (C=O) groups excluding carboxylic acids is 1. The van der Waals surface area contributed by atoms with Crippen LogP contribution in [0.15, 0.2) is 53.3 Å². The maximum atomic E-state index is 12.8. The molecule has 2 N–H and O–H groups in total. The van der Waals surface area contributed by atoms with Crippen LogP contribution in [0.2, 0.25) is 0 Å². The number of aromatic nitrogens is 4. The largest absolute Gasteiger partial charge is 0.342 e. The Bertz CT molecular complexity index is 1200. The first-order valence-corrected chi connectivity index (χ1v) is 9.42. The van der Waals surface area contributed by atoms with Crippen molar-refractivity contribution in [2.75, 3.05) is 13.1 Å². The van der Waals surface area contributed by atoms with Crippen LogP contribution >= 0.6 is 0 Å². The second-order valence-electron chi connectivity index (χ2n) is 7.14. The number of likely N-dealkylation sites (tertiary alicyclic amines) is 1. The minimum atomic E-state index is -0.286. The molecule has 0 atom stereocenters. The number of carbonyl (C=O) groups is 1. The molecule has 0 unspecified atom stereocenters. The van der Waals surface area contributed by atoms with E-state index in [0.717, 1.165) is 29.7 Å². The van der Waals surface area contributed by atoms with Gasteiger partial charge >= 0.3 is 0 Å². The minimum absolute atomic E-state index is 0.103. The number of hydrogen-bond donors (Lipinski definition) is 2. The standard InChI is InChI=1S/C21H19N5O2/c27-20-14-5-1-2-6-15(14)22-19(25-20)21(28)26-11-9-13(10-12-26)18-23-16-7-3-4-8-17(16)24-18/h1-8,13H,9-12H2,(H,23,24)(H,22,25,27). The summed E-state index contributed by atoms with van der Waals surface area (Å²) in [5.41, 5.74) is 2.25. The smallest absolute Gasteiger partial charge is 0.289 e. The van der Waals surface area contributed by atoms with Gasteiger partial charge in [0.05, 0.1) is 21.9 Å². The van der Waals surface area contributed by atoms with Crippen LogP contribution < -0.4 is 5.56 Å². The summed E-state index contributed by atoms with van der Waals surface area (Å²) < 4.78 is 0. The number of H-pyrrole nitrogens is 2. The lowest BCUT2D eigenvalue weighted by Crippen LogP contribution is -2.39. The highest BCUT2D eigenvalue weighted by atomic mass is 16.2. The van der Waals surface area contributed by atoms with Gasteiger partial charge in [-0.3, -0.25) is 9.59 Å². The molecule has 0 aliphatic carbocycles. The molecule has 0 bridgehead atoms. The van der Waals surface area contributed by atoms with E-state index in [1.807, 2.05) is 30.3 Å². The van der Waals surface area contributed by atoms with E-state index in [2.05, 4.69) is 15.0 Å². The lowest BCUT2D eigenvalue weighted by Gasteiger charge is -2.30. The van der Waals surface area contributed by atoms with Crippen molar-refractivity contribution in [1.29, 1.82) is 0 Å². The van der Waals surface area contributed by atoms with Gasteiger partial charge in [0.25, 0.3) is 11.5 Å². The third-order valence-corrected chi connectivity index (χ3v) is 5.39. The van der Waals surface area contributed by atoms with Crippen LogP contribution in [0.25, 0.3) is 21.9 Å². The molecule has 2 aromatic carbocycles. The molecular weight excluding hydrogens is 354 g/mol. The third-order valence-electron chi connectivity index (χ3n) is 5.39. The lowest BCUT2D eigenvalue weighted by molar-refractivity contribution is 0.0699. The fraction of sp³-hybridized carbons (Fsp3) is 0.238. The Hall–Kier alpha value is -3.48. The maximum absolute atomic E-state index is 12.8. The first-order valence-electron chi connectivity index (χ1n) is 9.42. The van der Waals surface area contributed by atoms with Gasteiger partial charge in [0.15, 0.2) is 5.82 Å². The predicted molar refractivity (Wildman–Crippen MR) is 106 cm³/mol. The topological polar surface area (TPSA) is 94.7 Å². The van der Waals surface area contributed by atoms with Crippen molar-refractivity contribution in [3.63, 3.8) is 0 Å². The molecule has 1 aliphatic heterocycles. The molecule has 0 saturated carbocycles. The van der Waals surface area contributed by atoms with Crippen LogP contribution in [0, 0.1) is 0 Å². The third kappa shape index (κ3) is 2.85. The highest BCUT2D eigenvalue weighted by molar-refractivity contribution is 5.92. The van der Waals surface area contributed by atoms with Crippen LogP contribution in [0.3, 0.4) is 0 Å². The number of imidazole rings is 1. The molecule has 4 aromatic rings. The summed E-state index contributed by atoms with van der Waals surface area (Å²) in [7, 11) is 0. The Labute approximate surface area is 160 Å². The number of nitrogens with zero attached hydrogens (tertiary/aromatic N) is 3. The monoisotopic (exact) mass is 373 g/mol. The van der Waals surface area contributed by atoms with Gasteiger partial charge in [0, 0.05) is 19.0 Å². The number of para-hydroxylation sites is 3. The minimum Gasteiger partial charge on any atom is -0.342 e. The van der Waals surface area contributed by atoms with Gasteiger partial charge in [0.1, 0.15) is 5.82 Å². The van der Waals surface area contributed by atoms with Crippen molar-refractivity contribution >= 4 is 27.8 Å². The van der Waals surface area contributed by atoms with E-state index < -0.39 is 0 Å². The normalized spacial score (nSPS) is 15.4. The van der Waals surface area contributed by atoms with E-state index >= 15 is 0 Å². The Morgan fingerprint density at radius 2 is 1.64 bits per heavy atom. The number of amides is 1. The molecule has 1 saturated heterocycles. The average molecular weight is 373 g/mol. The molecule has 1 amide bonds. The summed E-state index contributed by atoms with van der Waals surface area (Å²) >= 11 is 0. The van der Waals surface area contributed by atoms with Crippen LogP contribution in [-0.2, 0) is 0 Å². The molecule has 5 rings (SSSR count). The highest BCUT2D eigenvalue weighted by Gasteiger charge is 2.27. The van der Waals surface area contributed by atoms with Crippen molar-refractivity contribution in [3.05, 3.63) is 70.5 Å². The van der Waals surface area contributed by atoms with Gasteiger partial charge in [-0.05, 0) is 37.1 Å². The molecule has 0 radical (unpaired) electrons. The van der Waals surface area contributed by atoms with Gasteiger partial charge in [0.2, 0.25) is 0 Å². The van der Waals surface area contributed by atoms with Crippen LogP contribution in [0.4, 0.5) is 0 Å². The Balaban J connectivity index is 1.34. The SMILES string of the molecule is O=C(c1nc2ccccc2c(=O)[nH]1)N1CCC(c2nc3ccccc3[nH]2)CC1. The second kappa shape index (κ2) is 6.60. The van der Waals surface area contributed by atoms with E-state index in [1.165, 1.54) is 0 Å². The number of hydrogen-bond acceptors (Lipinski definition) is 4. The quantitative estimate of drug-likeness (QED) is 0.565. The molecule has 1 aliphatic rings. The Morgan fingerprint density at radius 3 is 2.43 bits per heavy atom. The summed E-state index contributed by atoms with van der Waals surface area (Å²) in [4.78, 5) is 41.9. The van der Waals surface area contributed by atoms with Crippen molar-refractivity contribution in [3.8, 4) is 0 Å². The first kappa shape index (κ1) is 16.7. The van der Waals surface area contributed by atoms with Crippen molar-refractivity contribution in [2.45, 2.75) is 18.8 Å². The first-order chi connectivity index (χ1) is 13.7. The van der Waals surface area contributed by atoms with Gasteiger partial charge in [-0.1, -0.05) is 24.3 Å². The van der Waals surface area contributed by atoms with E-state index in [4.69, 9.17) is 4.98 Å². The van der Waals surface area contributed by atoms with Crippen molar-refractivity contribution in [1.82, 2.24) is 24.8 Å². The lowest BCUT2D eigenvalue weighted by atomic mass is 9.96. The zero-order chi connectivity index (χ0) is 19.1. The van der Waals surface area contributed by atoms with Crippen LogP contribution in [0.5, 0.6) is 0 Å². The summed E-state index contributed by atoms with van der Waals surface area (Å²) in [5, 5.41) is 0.489. The number of rotatable bonds is 2. The molecule has 7 nitrogen and oxygen atoms in total. The van der Waals surface area contributed by atoms with E-state index in [1.54, 1.807) is 23.1 Å². The maximum Gasteiger partial charge on any atom is 0.289 e. The second-order valence-corrected chi connectivity index (χ2v) is 7.14. The molecular formula is C21H19N5O2. The summed E-state index contributed by atoms with van der Waals surface area (Å²) in [6.45, 7) is 1.22. The highest BCUT2D eigenvalue weighted by Crippen LogP contribution is 2.28. The summed E-state index contributed by atoms with van der Waals surface area (Å²) in [6, 6.07) is 15.0. The Kier molecular flexibility index (Phi) is 3.93. The van der Waals surface area contributed by atoms with Gasteiger partial charge < -0.3 is 14.9 Å². The zero-order valence-electron chi connectivity index (χ0n) is 15.2. The Morgan fingerprint density at radius 1 is 0.929 bits per heavy atom. The van der Waals surface area contributed by atoms with Gasteiger partial charge in [-0.15, -0.1) is 0 Å². The molecule has 28 heavy (non-hydrogen) atoms. The predicted octanol–water partition coefficient (Wildman–Crippen LogP) is 2.82. The zero-order valence-corrected chi connectivity index (χ0v) is 15.2. The summed E-state index contributed by atoms with van der Waals surface area (Å²) in [5.74, 6) is 1.14. The molecule has 0 spiro atoms. The van der Waals surface area contributed by atoms with E-state index in [-0.39, 0.29) is 17.3 Å². The number of benzene rings is 2. The van der Waals surface area contributed by atoms with Crippen molar-refractivity contribution in [2.24, 2.45) is 0 Å². The summed E-state index contributed by atoms with van der Waals surface area (Å²) in [6.07, 6.45) is 1.65. The average Bonchev–Trinajstić information content (AvgIpc) is 3.18. The molecule has 2 aromatic heterocycles. The molecule has 7 heteroatoms. The fourth-order valence-electron chi connectivity index (χ4n) is 3.86. The van der Waals surface area contributed by atoms with Crippen LogP contribution in [-0.4, -0.2) is 43.8 Å². The van der Waals surface area contributed by atoms with Crippen molar-refractivity contribution < 1.29 is 4.79 Å². The molecule has 140 valence electrons. The van der Waals surface area contributed by atoms with E-state index in [0.29, 0.717) is 29.9 Å². The number of nitrogens with one attached hydrogen (secondary N) is 2. The molecule has 1 fully saturated rings. The number of piperidine rings is 1.